The van der Waals surface area contributed by atoms with Gasteiger partial charge in [0.05, 0.1) is 11.9 Å². The highest BCUT2D eigenvalue weighted by Crippen LogP contribution is 2.58. The molecule has 2 nitrogen and oxygen atoms in total. The number of rotatable bonds is 6. The van der Waals surface area contributed by atoms with Gasteiger partial charge in [-0.25, -0.2) is 0 Å². The number of hydrogen-bond acceptors (Lipinski definition) is 2. The van der Waals surface area contributed by atoms with Crippen LogP contribution in [0.5, 0.6) is 0 Å². The molecule has 0 N–H and O–H groups in total. The van der Waals surface area contributed by atoms with Crippen LogP contribution in [-0.4, -0.2) is 4.98 Å². The molecule has 0 radical (unpaired) electrons. The van der Waals surface area contributed by atoms with Crippen molar-refractivity contribution in [1.29, 1.82) is 0 Å². The minimum Gasteiger partial charge on any atom is -0.309 e. The van der Waals surface area contributed by atoms with Crippen molar-refractivity contribution in [1.82, 2.24) is 4.98 Å². The molecule has 0 saturated carbocycles. The van der Waals surface area contributed by atoms with Crippen molar-refractivity contribution in [3.63, 3.8) is 0 Å². The maximum atomic E-state index is 4.42. The number of anilines is 3. The number of nitrogens with zero attached hydrogens (tertiary/aromatic N) is 2. The molecule has 0 spiro atoms. The Balaban J connectivity index is 1.19. The molecule has 8 aromatic carbocycles. The van der Waals surface area contributed by atoms with E-state index in [1.165, 1.54) is 77.2 Å². The van der Waals surface area contributed by atoms with Gasteiger partial charge in [0.25, 0.3) is 0 Å². The predicted molar refractivity (Wildman–Crippen MR) is 215 cm³/mol. The first-order valence-electron chi connectivity index (χ1n) is 17.5. The Hall–Kier alpha value is -6.77. The van der Waals surface area contributed by atoms with E-state index in [0.29, 0.717) is 0 Å². The maximum Gasteiger partial charge on any atom is 0.0644 e. The number of para-hydroxylation sites is 1. The zero-order chi connectivity index (χ0) is 33.7. The molecule has 0 atom stereocenters. The summed E-state index contributed by atoms with van der Waals surface area (Å²) in [6.07, 6.45) is 3.73. The average Bonchev–Trinajstić information content (AvgIpc) is 3.54. The lowest BCUT2D eigenvalue weighted by Gasteiger charge is -2.25. The maximum absolute atomic E-state index is 4.42. The van der Waals surface area contributed by atoms with Crippen LogP contribution in [0.3, 0.4) is 0 Å². The first-order chi connectivity index (χ1) is 25.3. The fourth-order valence-electron chi connectivity index (χ4n) is 8.16. The largest absolute Gasteiger partial charge is 0.309 e. The van der Waals surface area contributed by atoms with Crippen LogP contribution < -0.4 is 4.90 Å². The van der Waals surface area contributed by atoms with Crippen molar-refractivity contribution in [2.45, 2.75) is 0 Å². The molecule has 1 heterocycles. The number of pyridine rings is 1. The summed E-state index contributed by atoms with van der Waals surface area (Å²) in [7, 11) is 0. The van der Waals surface area contributed by atoms with Gasteiger partial charge in [-0.1, -0.05) is 146 Å². The van der Waals surface area contributed by atoms with Gasteiger partial charge in [0.15, 0.2) is 0 Å². The van der Waals surface area contributed by atoms with Gasteiger partial charge < -0.3 is 4.90 Å². The van der Waals surface area contributed by atoms with Crippen LogP contribution in [0.15, 0.2) is 194 Å². The summed E-state index contributed by atoms with van der Waals surface area (Å²) < 4.78 is 0. The van der Waals surface area contributed by atoms with Crippen LogP contribution in [-0.2, 0) is 0 Å². The molecule has 0 bridgehead atoms. The third-order valence-electron chi connectivity index (χ3n) is 10.3. The van der Waals surface area contributed by atoms with E-state index >= 15 is 0 Å². The van der Waals surface area contributed by atoms with Gasteiger partial charge >= 0.3 is 0 Å². The topological polar surface area (TPSA) is 16.1 Å². The van der Waals surface area contributed by atoms with E-state index in [1.54, 1.807) is 0 Å². The summed E-state index contributed by atoms with van der Waals surface area (Å²) in [6, 6.07) is 65.9. The highest BCUT2D eigenvalue weighted by molar-refractivity contribution is 6.28. The normalized spacial score (nSPS) is 11.5. The molecule has 10 rings (SSSR count). The molecule has 51 heavy (non-hydrogen) atoms. The molecule has 2 heteroatoms. The standard InChI is InChI=1S/C49H32N2/c1-4-14-34(15-5-1)45-41-21-10-11-22-42(41)46(35-16-6-2-7-17-35)49-44-30-29-39(40-23-12-24-43(47(40)44)48(45)49)33-25-27-37(28-26-33)51(36-18-8-3-9-19-36)38-20-13-31-50-32-38/h1-32H. The van der Waals surface area contributed by atoms with Crippen molar-refractivity contribution in [3.05, 3.63) is 194 Å². The van der Waals surface area contributed by atoms with Crippen molar-refractivity contribution in [3.8, 4) is 55.6 Å². The number of hydrogen-bond donors (Lipinski definition) is 0. The van der Waals surface area contributed by atoms with Crippen molar-refractivity contribution >= 4 is 38.6 Å². The van der Waals surface area contributed by atoms with Crippen LogP contribution in [0.2, 0.25) is 0 Å². The highest BCUT2D eigenvalue weighted by Gasteiger charge is 2.31. The fourth-order valence-corrected chi connectivity index (χ4v) is 8.16. The summed E-state index contributed by atoms with van der Waals surface area (Å²) in [6.45, 7) is 0. The van der Waals surface area contributed by atoms with Gasteiger partial charge in [0.1, 0.15) is 0 Å². The van der Waals surface area contributed by atoms with E-state index in [0.717, 1.165) is 17.1 Å². The quantitative estimate of drug-likeness (QED) is 0.178. The van der Waals surface area contributed by atoms with E-state index in [4.69, 9.17) is 0 Å². The first kappa shape index (κ1) is 29.2. The first-order valence-corrected chi connectivity index (χ1v) is 17.5. The van der Waals surface area contributed by atoms with E-state index in [9.17, 15) is 0 Å². The third-order valence-corrected chi connectivity index (χ3v) is 10.3. The van der Waals surface area contributed by atoms with Gasteiger partial charge in [-0.2, -0.15) is 0 Å². The molecule has 0 saturated heterocycles. The third kappa shape index (κ3) is 4.69. The van der Waals surface area contributed by atoms with Crippen LogP contribution in [0.4, 0.5) is 17.1 Å². The Morgan fingerprint density at radius 3 is 1.43 bits per heavy atom. The van der Waals surface area contributed by atoms with E-state index in [1.807, 2.05) is 18.5 Å². The second-order valence-electron chi connectivity index (χ2n) is 13.1. The van der Waals surface area contributed by atoms with Crippen molar-refractivity contribution < 1.29 is 0 Å². The lowest BCUT2D eigenvalue weighted by molar-refractivity contribution is 1.23. The minimum absolute atomic E-state index is 1.02. The molecular formula is C49H32N2. The molecule has 9 aromatic rings. The fraction of sp³-hybridized carbons (Fsp3) is 0. The van der Waals surface area contributed by atoms with Gasteiger partial charge in [0.2, 0.25) is 0 Å². The SMILES string of the molecule is c1ccc(-c2c3c(c(-c4ccccc4)c4ccccc24)-c2ccc(-c4ccc(N(c5ccccc5)c5cccnc5)cc4)c4cccc-3c24)cc1. The second-order valence-corrected chi connectivity index (χ2v) is 13.1. The average molecular weight is 649 g/mol. The number of fused-ring (bicyclic) bond motifs is 4. The summed E-state index contributed by atoms with van der Waals surface area (Å²) >= 11 is 0. The molecular weight excluding hydrogens is 617 g/mol. The van der Waals surface area contributed by atoms with Gasteiger partial charge in [-0.3, -0.25) is 4.98 Å². The Morgan fingerprint density at radius 2 is 0.824 bits per heavy atom. The highest BCUT2D eigenvalue weighted by atomic mass is 15.1. The molecule has 1 aliphatic rings. The van der Waals surface area contributed by atoms with Crippen molar-refractivity contribution in [2.24, 2.45) is 0 Å². The summed E-state index contributed by atoms with van der Waals surface area (Å²) in [5.74, 6) is 0. The Bertz CT molecular complexity index is 2570. The predicted octanol–water partition coefficient (Wildman–Crippen LogP) is 13.5. The summed E-state index contributed by atoms with van der Waals surface area (Å²) in [4.78, 5) is 6.67. The zero-order valence-corrected chi connectivity index (χ0v) is 27.9. The number of aromatic nitrogens is 1. The molecule has 1 aliphatic carbocycles. The lowest BCUT2D eigenvalue weighted by atomic mass is 9.82. The van der Waals surface area contributed by atoms with Crippen molar-refractivity contribution in [2.75, 3.05) is 4.90 Å². The van der Waals surface area contributed by atoms with Crippen LogP contribution in [0.1, 0.15) is 0 Å². The molecule has 0 amide bonds. The Labute approximate surface area is 297 Å². The second kappa shape index (κ2) is 12.0. The van der Waals surface area contributed by atoms with Crippen LogP contribution in [0, 0.1) is 0 Å². The lowest BCUT2D eigenvalue weighted by Crippen LogP contribution is -2.09. The Kier molecular flexibility index (Phi) is 6.85. The minimum atomic E-state index is 1.02. The van der Waals surface area contributed by atoms with Gasteiger partial charge in [-0.05, 0) is 114 Å². The van der Waals surface area contributed by atoms with E-state index < -0.39 is 0 Å². The molecule has 0 aliphatic heterocycles. The zero-order valence-electron chi connectivity index (χ0n) is 27.9. The number of benzene rings is 8. The Morgan fingerprint density at radius 1 is 0.314 bits per heavy atom. The molecule has 0 fully saturated rings. The van der Waals surface area contributed by atoms with Crippen LogP contribution in [0.25, 0.3) is 77.2 Å². The van der Waals surface area contributed by atoms with Crippen LogP contribution >= 0.6 is 0 Å². The summed E-state index contributed by atoms with van der Waals surface area (Å²) in [5.41, 5.74) is 15.9. The van der Waals surface area contributed by atoms with Gasteiger partial charge in [-0.15, -0.1) is 0 Å². The molecule has 0 unspecified atom stereocenters. The molecule has 1 aromatic heterocycles. The van der Waals surface area contributed by atoms with E-state index in [-0.39, 0.29) is 0 Å². The summed E-state index contributed by atoms with van der Waals surface area (Å²) in [5, 5.41) is 5.14. The smallest absolute Gasteiger partial charge is 0.0644 e. The molecule has 238 valence electrons. The van der Waals surface area contributed by atoms with E-state index in [2.05, 4.69) is 186 Å². The monoisotopic (exact) mass is 648 g/mol. The van der Waals surface area contributed by atoms with Gasteiger partial charge in [0, 0.05) is 17.6 Å².